The maximum atomic E-state index is 11.2. The molecule has 0 saturated carbocycles. The lowest BCUT2D eigenvalue weighted by atomic mass is 9.95. The first-order valence-corrected chi connectivity index (χ1v) is 7.81. The molecule has 4 N–H and O–H groups in total. The average Bonchev–Trinajstić information content (AvgIpc) is 2.53. The summed E-state index contributed by atoms with van der Waals surface area (Å²) in [6, 6.07) is 8.66. The van der Waals surface area contributed by atoms with Gasteiger partial charge in [0.2, 0.25) is 0 Å². The van der Waals surface area contributed by atoms with Crippen LogP contribution in [0.25, 0.3) is 0 Å². The summed E-state index contributed by atoms with van der Waals surface area (Å²) in [5.74, 6) is -4.78. The third-order valence-corrected chi connectivity index (χ3v) is 3.89. The fourth-order valence-electron chi connectivity index (χ4n) is 2.79. The lowest BCUT2D eigenvalue weighted by Gasteiger charge is -2.10. The summed E-state index contributed by atoms with van der Waals surface area (Å²) >= 11 is 0. The van der Waals surface area contributed by atoms with Crippen LogP contribution in [0.1, 0.15) is 43.0 Å². The molecule has 0 radical (unpaired) electrons. The van der Waals surface area contributed by atoms with Gasteiger partial charge in [-0.05, 0) is 40.8 Å². The van der Waals surface area contributed by atoms with E-state index in [-0.39, 0.29) is 28.7 Å². The number of hydrogen-bond acceptors (Lipinski definition) is 4. The average molecular weight is 372 g/mol. The van der Waals surface area contributed by atoms with Crippen LogP contribution in [0.15, 0.2) is 36.4 Å². The maximum Gasteiger partial charge on any atom is 0.335 e. The molecule has 0 aliphatic carbocycles. The Morgan fingerprint density at radius 1 is 0.630 bits per heavy atom. The van der Waals surface area contributed by atoms with Gasteiger partial charge in [0.25, 0.3) is 0 Å². The standard InChI is InChI=1S/C19H16O8/c20-16(21)8-12-6-10(1-3-14(12)18(24)25)5-11-2-4-15(19(26)27)13(7-11)9-17(22)23/h1-4,6-7H,5,8-9H2,(H,20,21)(H,22,23)(H,24,25)(H,26,27). The number of aliphatic carboxylic acids is 2. The molecule has 2 aromatic carbocycles. The van der Waals surface area contributed by atoms with Crippen molar-refractivity contribution in [1.29, 1.82) is 0 Å². The normalized spacial score (nSPS) is 10.4. The molecule has 0 heterocycles. The Labute approximate surface area is 153 Å². The number of aromatic carboxylic acids is 2. The van der Waals surface area contributed by atoms with Crippen molar-refractivity contribution in [3.63, 3.8) is 0 Å². The second-order valence-corrected chi connectivity index (χ2v) is 5.91. The minimum Gasteiger partial charge on any atom is -0.481 e. The molecule has 2 aromatic rings. The topological polar surface area (TPSA) is 149 Å². The fourth-order valence-corrected chi connectivity index (χ4v) is 2.79. The van der Waals surface area contributed by atoms with Gasteiger partial charge in [0.15, 0.2) is 0 Å². The van der Waals surface area contributed by atoms with Gasteiger partial charge in [-0.15, -0.1) is 0 Å². The van der Waals surface area contributed by atoms with Crippen molar-refractivity contribution in [2.24, 2.45) is 0 Å². The molecule has 0 amide bonds. The van der Waals surface area contributed by atoms with Gasteiger partial charge in [-0.2, -0.15) is 0 Å². The van der Waals surface area contributed by atoms with Crippen LogP contribution in [0.3, 0.4) is 0 Å². The molecule has 8 nitrogen and oxygen atoms in total. The van der Waals surface area contributed by atoms with E-state index in [1.807, 2.05) is 0 Å². The van der Waals surface area contributed by atoms with Gasteiger partial charge < -0.3 is 20.4 Å². The van der Waals surface area contributed by atoms with Crippen molar-refractivity contribution in [3.8, 4) is 0 Å². The Morgan fingerprint density at radius 3 is 1.30 bits per heavy atom. The van der Waals surface area contributed by atoms with Crippen molar-refractivity contribution in [1.82, 2.24) is 0 Å². The van der Waals surface area contributed by atoms with Gasteiger partial charge in [-0.3, -0.25) is 9.59 Å². The first-order chi connectivity index (χ1) is 12.7. The molecule has 0 unspecified atom stereocenters. The molecule has 0 saturated heterocycles. The number of carboxylic acids is 4. The van der Waals surface area contributed by atoms with Gasteiger partial charge in [-0.1, -0.05) is 24.3 Å². The van der Waals surface area contributed by atoms with E-state index in [0.717, 1.165) is 0 Å². The van der Waals surface area contributed by atoms with E-state index in [4.69, 9.17) is 20.4 Å². The molecule has 27 heavy (non-hydrogen) atoms. The highest BCUT2D eigenvalue weighted by atomic mass is 16.4. The zero-order valence-corrected chi connectivity index (χ0v) is 14.0. The summed E-state index contributed by atoms with van der Waals surface area (Å²) in [7, 11) is 0. The number of carboxylic acid groups (broad SMARTS) is 4. The fraction of sp³-hybridized carbons (Fsp3) is 0.158. The largest absolute Gasteiger partial charge is 0.481 e. The number of hydrogen-bond donors (Lipinski definition) is 4. The first kappa shape index (κ1) is 19.6. The highest BCUT2D eigenvalue weighted by Gasteiger charge is 2.16. The zero-order chi connectivity index (χ0) is 20.1. The molecule has 0 aromatic heterocycles. The van der Waals surface area contributed by atoms with E-state index in [2.05, 4.69) is 0 Å². The highest BCUT2D eigenvalue weighted by Crippen LogP contribution is 2.19. The van der Waals surface area contributed by atoms with Gasteiger partial charge in [0.1, 0.15) is 0 Å². The first-order valence-electron chi connectivity index (χ1n) is 7.81. The molecule has 0 fully saturated rings. The number of benzene rings is 2. The van der Waals surface area contributed by atoms with Crippen LogP contribution in [-0.4, -0.2) is 44.3 Å². The summed E-state index contributed by atoms with van der Waals surface area (Å²) in [6.07, 6.45) is -0.631. The van der Waals surface area contributed by atoms with Gasteiger partial charge in [0, 0.05) is 0 Å². The lowest BCUT2D eigenvalue weighted by molar-refractivity contribution is -0.137. The van der Waals surface area contributed by atoms with Crippen molar-refractivity contribution in [3.05, 3.63) is 69.8 Å². The summed E-state index contributed by atoms with van der Waals surface area (Å²) in [4.78, 5) is 44.4. The molecular weight excluding hydrogens is 356 g/mol. The molecule has 0 aliphatic heterocycles. The van der Waals surface area contributed by atoms with E-state index in [0.29, 0.717) is 11.1 Å². The van der Waals surface area contributed by atoms with Crippen LogP contribution < -0.4 is 0 Å². The lowest BCUT2D eigenvalue weighted by Crippen LogP contribution is -2.10. The molecular formula is C19H16O8. The zero-order valence-electron chi connectivity index (χ0n) is 14.0. The van der Waals surface area contributed by atoms with Crippen molar-refractivity contribution in [2.75, 3.05) is 0 Å². The quantitative estimate of drug-likeness (QED) is 0.549. The summed E-state index contributed by atoms with van der Waals surface area (Å²) in [5.41, 5.74) is 1.35. The molecule has 0 spiro atoms. The monoisotopic (exact) mass is 372 g/mol. The third-order valence-electron chi connectivity index (χ3n) is 3.89. The minimum atomic E-state index is -1.23. The van der Waals surface area contributed by atoms with Gasteiger partial charge >= 0.3 is 23.9 Å². The van der Waals surface area contributed by atoms with Crippen LogP contribution >= 0.6 is 0 Å². The molecule has 0 bridgehead atoms. The number of rotatable bonds is 8. The summed E-state index contributed by atoms with van der Waals surface area (Å²) in [5, 5.41) is 36.2. The number of carbonyl (C=O) groups is 4. The van der Waals surface area contributed by atoms with Gasteiger partial charge in [-0.25, -0.2) is 9.59 Å². The van der Waals surface area contributed by atoms with Crippen molar-refractivity contribution < 1.29 is 39.6 Å². The highest BCUT2D eigenvalue weighted by molar-refractivity contribution is 5.91. The Bertz CT molecular complexity index is 854. The Hall–Kier alpha value is -3.68. The van der Waals surface area contributed by atoms with Crippen LogP contribution in [0.4, 0.5) is 0 Å². The minimum absolute atomic E-state index is 0.103. The molecule has 140 valence electrons. The molecule has 0 aliphatic rings. The van der Waals surface area contributed by atoms with E-state index in [9.17, 15) is 19.2 Å². The Morgan fingerprint density at radius 2 is 1.00 bits per heavy atom. The second-order valence-electron chi connectivity index (χ2n) is 5.91. The van der Waals surface area contributed by atoms with Crippen LogP contribution in [0.5, 0.6) is 0 Å². The molecule has 0 atom stereocenters. The van der Waals surface area contributed by atoms with E-state index < -0.39 is 36.7 Å². The predicted octanol–water partition coefficient (Wildman–Crippen LogP) is 1.93. The van der Waals surface area contributed by atoms with Crippen molar-refractivity contribution >= 4 is 23.9 Å². The second kappa shape index (κ2) is 8.13. The van der Waals surface area contributed by atoms with Crippen LogP contribution in [0.2, 0.25) is 0 Å². The van der Waals surface area contributed by atoms with Crippen molar-refractivity contribution in [2.45, 2.75) is 19.3 Å². The summed E-state index contributed by atoms with van der Waals surface area (Å²) < 4.78 is 0. The van der Waals surface area contributed by atoms with Crippen LogP contribution in [-0.2, 0) is 28.9 Å². The van der Waals surface area contributed by atoms with E-state index in [1.165, 1.54) is 36.4 Å². The Kier molecular flexibility index (Phi) is 5.92. The van der Waals surface area contributed by atoms with E-state index >= 15 is 0 Å². The summed E-state index contributed by atoms with van der Waals surface area (Å²) in [6.45, 7) is 0. The smallest absolute Gasteiger partial charge is 0.335 e. The maximum absolute atomic E-state index is 11.2. The third kappa shape index (κ3) is 5.15. The predicted molar refractivity (Wildman–Crippen MR) is 92.3 cm³/mol. The van der Waals surface area contributed by atoms with E-state index in [1.54, 1.807) is 0 Å². The van der Waals surface area contributed by atoms with Gasteiger partial charge in [0.05, 0.1) is 24.0 Å². The molecule has 8 heteroatoms. The Balaban J connectivity index is 2.38. The van der Waals surface area contributed by atoms with Crippen LogP contribution in [0, 0.1) is 0 Å². The molecule has 2 rings (SSSR count). The SMILES string of the molecule is O=C(O)Cc1cc(Cc2ccc(C(=O)O)c(CC(=O)O)c2)ccc1C(=O)O.